The number of rotatable bonds is 3. The zero-order valence-corrected chi connectivity index (χ0v) is 7.93. The SMILES string of the molecule is CCc1nn(C)c(CON)c1Cl. The number of hydrogen-bond donors (Lipinski definition) is 1. The van der Waals surface area contributed by atoms with Crippen LogP contribution in [0.25, 0.3) is 0 Å². The van der Waals surface area contributed by atoms with Gasteiger partial charge >= 0.3 is 0 Å². The fourth-order valence-electron chi connectivity index (χ4n) is 1.06. The van der Waals surface area contributed by atoms with Crippen molar-refractivity contribution in [3.05, 3.63) is 16.4 Å². The van der Waals surface area contributed by atoms with E-state index in [0.717, 1.165) is 17.8 Å². The van der Waals surface area contributed by atoms with Gasteiger partial charge in [-0.3, -0.25) is 9.52 Å². The second kappa shape index (κ2) is 3.89. The molecule has 5 heteroatoms. The van der Waals surface area contributed by atoms with E-state index < -0.39 is 0 Å². The molecule has 12 heavy (non-hydrogen) atoms. The summed E-state index contributed by atoms with van der Waals surface area (Å²) in [6.45, 7) is 2.30. The van der Waals surface area contributed by atoms with E-state index >= 15 is 0 Å². The Bertz CT molecular complexity index is 272. The maximum absolute atomic E-state index is 5.99. The quantitative estimate of drug-likeness (QED) is 0.723. The van der Waals surface area contributed by atoms with Crippen LogP contribution in [0.4, 0.5) is 0 Å². The van der Waals surface area contributed by atoms with Crippen LogP contribution >= 0.6 is 11.6 Å². The molecule has 1 aromatic rings. The van der Waals surface area contributed by atoms with E-state index in [4.69, 9.17) is 17.5 Å². The van der Waals surface area contributed by atoms with Crippen molar-refractivity contribution in [1.82, 2.24) is 9.78 Å². The van der Waals surface area contributed by atoms with Gasteiger partial charge in [0.15, 0.2) is 0 Å². The van der Waals surface area contributed by atoms with E-state index in [1.807, 2.05) is 14.0 Å². The Hall–Kier alpha value is -0.580. The Morgan fingerprint density at radius 2 is 2.33 bits per heavy atom. The molecule has 0 aromatic carbocycles. The Balaban J connectivity index is 3.01. The topological polar surface area (TPSA) is 53.1 Å². The highest BCUT2D eigenvalue weighted by atomic mass is 35.5. The highest BCUT2D eigenvalue weighted by Crippen LogP contribution is 2.20. The predicted octanol–water partition coefficient (Wildman–Crippen LogP) is 1.03. The summed E-state index contributed by atoms with van der Waals surface area (Å²) in [4.78, 5) is 4.50. The fraction of sp³-hybridized carbons (Fsp3) is 0.571. The Labute approximate surface area is 76.2 Å². The molecular weight excluding hydrogens is 178 g/mol. The van der Waals surface area contributed by atoms with Gasteiger partial charge in [-0.2, -0.15) is 5.10 Å². The molecule has 0 radical (unpaired) electrons. The van der Waals surface area contributed by atoms with E-state index in [-0.39, 0.29) is 0 Å². The lowest BCUT2D eigenvalue weighted by atomic mass is 10.3. The predicted molar refractivity (Wildman–Crippen MR) is 46.6 cm³/mol. The molecule has 0 saturated heterocycles. The average molecular weight is 190 g/mol. The summed E-state index contributed by atoms with van der Waals surface area (Å²) >= 11 is 5.99. The third kappa shape index (κ3) is 1.60. The first-order valence-electron chi connectivity index (χ1n) is 3.72. The molecule has 0 bridgehead atoms. The van der Waals surface area contributed by atoms with Crippen LogP contribution in [0.1, 0.15) is 18.3 Å². The average Bonchev–Trinajstić information content (AvgIpc) is 2.32. The summed E-state index contributed by atoms with van der Waals surface area (Å²) in [6, 6.07) is 0. The van der Waals surface area contributed by atoms with Crippen LogP contribution in [-0.4, -0.2) is 9.78 Å². The zero-order chi connectivity index (χ0) is 9.14. The first-order valence-corrected chi connectivity index (χ1v) is 4.10. The smallest absolute Gasteiger partial charge is 0.111 e. The number of aryl methyl sites for hydroxylation is 2. The molecule has 4 nitrogen and oxygen atoms in total. The van der Waals surface area contributed by atoms with E-state index in [2.05, 4.69) is 9.94 Å². The minimum Gasteiger partial charge on any atom is -0.298 e. The van der Waals surface area contributed by atoms with Crippen LogP contribution in [0.3, 0.4) is 0 Å². The van der Waals surface area contributed by atoms with E-state index in [9.17, 15) is 0 Å². The minimum absolute atomic E-state index is 0.294. The Morgan fingerprint density at radius 3 is 2.75 bits per heavy atom. The lowest BCUT2D eigenvalue weighted by Gasteiger charge is -1.98. The lowest BCUT2D eigenvalue weighted by Crippen LogP contribution is -2.04. The molecule has 0 amide bonds. The molecule has 1 heterocycles. The van der Waals surface area contributed by atoms with Crippen molar-refractivity contribution < 1.29 is 4.84 Å². The van der Waals surface area contributed by atoms with Crippen LogP contribution in [-0.2, 0) is 24.9 Å². The lowest BCUT2D eigenvalue weighted by molar-refractivity contribution is 0.118. The highest BCUT2D eigenvalue weighted by molar-refractivity contribution is 6.31. The Morgan fingerprint density at radius 1 is 1.67 bits per heavy atom. The molecule has 0 unspecified atom stereocenters. The van der Waals surface area contributed by atoms with Crippen molar-refractivity contribution in [2.24, 2.45) is 12.9 Å². The molecule has 0 aliphatic heterocycles. The summed E-state index contributed by atoms with van der Waals surface area (Å²) in [5.41, 5.74) is 1.70. The van der Waals surface area contributed by atoms with Crippen LogP contribution in [0, 0.1) is 0 Å². The number of nitrogens with two attached hydrogens (primary N) is 1. The van der Waals surface area contributed by atoms with Crippen molar-refractivity contribution >= 4 is 11.6 Å². The molecule has 1 aromatic heterocycles. The third-order valence-electron chi connectivity index (χ3n) is 1.72. The maximum Gasteiger partial charge on any atom is 0.111 e. The van der Waals surface area contributed by atoms with Gasteiger partial charge in [0.05, 0.1) is 16.4 Å². The maximum atomic E-state index is 5.99. The van der Waals surface area contributed by atoms with Crippen molar-refractivity contribution in [2.45, 2.75) is 20.0 Å². The fourth-order valence-corrected chi connectivity index (χ4v) is 1.40. The molecular formula is C7H12ClN3O. The van der Waals surface area contributed by atoms with Crippen molar-refractivity contribution in [3.63, 3.8) is 0 Å². The van der Waals surface area contributed by atoms with Crippen LogP contribution < -0.4 is 5.90 Å². The normalized spacial score (nSPS) is 10.7. The van der Waals surface area contributed by atoms with E-state index in [1.54, 1.807) is 4.68 Å². The van der Waals surface area contributed by atoms with Gasteiger partial charge in [-0.25, -0.2) is 5.90 Å². The summed E-state index contributed by atoms with van der Waals surface area (Å²) < 4.78 is 1.69. The molecule has 0 aliphatic carbocycles. The number of nitrogens with zero attached hydrogens (tertiary/aromatic N) is 2. The van der Waals surface area contributed by atoms with Gasteiger partial charge in [0.2, 0.25) is 0 Å². The third-order valence-corrected chi connectivity index (χ3v) is 2.16. The van der Waals surface area contributed by atoms with E-state index in [1.165, 1.54) is 0 Å². The van der Waals surface area contributed by atoms with Gasteiger partial charge in [0.25, 0.3) is 0 Å². The van der Waals surface area contributed by atoms with Crippen molar-refractivity contribution in [1.29, 1.82) is 0 Å². The minimum atomic E-state index is 0.294. The summed E-state index contributed by atoms with van der Waals surface area (Å²) in [7, 11) is 1.82. The number of halogens is 1. The zero-order valence-electron chi connectivity index (χ0n) is 7.17. The first kappa shape index (κ1) is 9.51. The second-order valence-electron chi connectivity index (χ2n) is 2.50. The van der Waals surface area contributed by atoms with Gasteiger partial charge in [-0.05, 0) is 6.42 Å². The van der Waals surface area contributed by atoms with Gasteiger partial charge in [-0.1, -0.05) is 18.5 Å². The van der Waals surface area contributed by atoms with Gasteiger partial charge in [0.1, 0.15) is 6.61 Å². The van der Waals surface area contributed by atoms with Crippen LogP contribution in [0.2, 0.25) is 5.02 Å². The molecule has 0 saturated carbocycles. The van der Waals surface area contributed by atoms with Crippen molar-refractivity contribution in [3.8, 4) is 0 Å². The van der Waals surface area contributed by atoms with Crippen LogP contribution in [0.5, 0.6) is 0 Å². The molecule has 1 rings (SSSR count). The van der Waals surface area contributed by atoms with Gasteiger partial charge in [0, 0.05) is 7.05 Å². The van der Waals surface area contributed by atoms with Crippen LogP contribution in [0.15, 0.2) is 0 Å². The van der Waals surface area contributed by atoms with Gasteiger partial charge in [-0.15, -0.1) is 0 Å². The first-order chi connectivity index (χ1) is 5.70. The van der Waals surface area contributed by atoms with E-state index in [0.29, 0.717) is 11.6 Å². The standard InChI is InChI=1S/C7H12ClN3O/c1-3-5-7(8)6(4-12-9)11(2)10-5/h3-4,9H2,1-2H3. The summed E-state index contributed by atoms with van der Waals surface area (Å²) in [5.74, 6) is 4.95. The highest BCUT2D eigenvalue weighted by Gasteiger charge is 2.11. The number of hydrogen-bond acceptors (Lipinski definition) is 3. The molecule has 0 aliphatic rings. The van der Waals surface area contributed by atoms with Gasteiger partial charge < -0.3 is 0 Å². The number of aromatic nitrogens is 2. The van der Waals surface area contributed by atoms with Crippen molar-refractivity contribution in [2.75, 3.05) is 0 Å². The largest absolute Gasteiger partial charge is 0.298 e. The second-order valence-corrected chi connectivity index (χ2v) is 2.87. The molecule has 68 valence electrons. The summed E-state index contributed by atoms with van der Waals surface area (Å²) in [5, 5.41) is 4.85. The molecule has 0 atom stereocenters. The molecule has 2 N–H and O–H groups in total. The molecule has 0 spiro atoms. The Kier molecular flexibility index (Phi) is 3.08. The monoisotopic (exact) mass is 189 g/mol. The summed E-state index contributed by atoms with van der Waals surface area (Å²) in [6.07, 6.45) is 0.817. The molecule has 0 fully saturated rings.